The maximum absolute atomic E-state index is 4.97. The minimum Gasteiger partial charge on any atom is -0.364 e. The number of hydrogen-bond acceptors (Lipinski definition) is 3. The van der Waals surface area contributed by atoms with E-state index >= 15 is 0 Å². The fraction of sp³-hybridized carbons (Fsp3) is 0.333. The lowest BCUT2D eigenvalue weighted by molar-refractivity contribution is 0.421. The molecule has 66 valence electrons. The Hall–Kier alpha value is -1.58. The molecule has 1 fully saturated rings. The molecule has 0 atom stereocenters. The van der Waals surface area contributed by atoms with Crippen molar-refractivity contribution in [2.45, 2.75) is 18.8 Å². The van der Waals surface area contributed by atoms with Crippen molar-refractivity contribution in [3.63, 3.8) is 0 Å². The maximum atomic E-state index is 4.97. The fourth-order valence-electron chi connectivity index (χ4n) is 1.52. The van der Waals surface area contributed by atoms with Crippen LogP contribution >= 0.6 is 0 Å². The van der Waals surface area contributed by atoms with Crippen molar-refractivity contribution < 1.29 is 4.52 Å². The molecule has 0 unspecified atom stereocenters. The van der Waals surface area contributed by atoms with Crippen LogP contribution in [0.2, 0.25) is 0 Å². The fourth-order valence-corrected chi connectivity index (χ4v) is 1.52. The Balaban J connectivity index is 2.08. The molecule has 0 saturated heterocycles. The van der Waals surface area contributed by atoms with E-state index < -0.39 is 0 Å². The van der Waals surface area contributed by atoms with Gasteiger partial charge in [0.2, 0.25) is 0 Å². The van der Waals surface area contributed by atoms with Gasteiger partial charge in [-0.1, -0.05) is 5.16 Å². The molecule has 1 saturated carbocycles. The van der Waals surface area contributed by atoms with E-state index in [1.807, 2.05) is 6.07 Å². The molecule has 0 aromatic carbocycles. The predicted octanol–water partition coefficient (Wildman–Crippen LogP) is 1.94. The van der Waals surface area contributed by atoms with Gasteiger partial charge in [-0.25, -0.2) is 0 Å². The van der Waals surface area contributed by atoms with E-state index in [0.717, 1.165) is 11.4 Å². The van der Waals surface area contributed by atoms with Crippen molar-refractivity contribution in [1.82, 2.24) is 15.4 Å². The molecule has 4 nitrogen and oxygen atoms in total. The van der Waals surface area contributed by atoms with Crippen LogP contribution in [-0.2, 0) is 0 Å². The third-order valence-corrected chi connectivity index (χ3v) is 2.37. The summed E-state index contributed by atoms with van der Waals surface area (Å²) in [4.78, 5) is 0. The lowest BCUT2D eigenvalue weighted by Gasteiger charge is -1.93. The molecule has 0 radical (unpaired) electrons. The van der Waals surface area contributed by atoms with Gasteiger partial charge >= 0.3 is 0 Å². The second-order valence-corrected chi connectivity index (χ2v) is 3.36. The summed E-state index contributed by atoms with van der Waals surface area (Å²) in [5.41, 5.74) is 3.07. The van der Waals surface area contributed by atoms with Gasteiger partial charge in [0.05, 0.1) is 5.69 Å². The maximum Gasteiger partial charge on any atom is 0.135 e. The van der Waals surface area contributed by atoms with Crippen LogP contribution < -0.4 is 0 Å². The zero-order valence-corrected chi connectivity index (χ0v) is 7.03. The van der Waals surface area contributed by atoms with E-state index in [-0.39, 0.29) is 0 Å². The number of nitrogens with zero attached hydrogens (tertiary/aromatic N) is 2. The highest BCUT2D eigenvalue weighted by Crippen LogP contribution is 2.43. The van der Waals surface area contributed by atoms with Gasteiger partial charge < -0.3 is 4.52 Å². The van der Waals surface area contributed by atoms with Gasteiger partial charge in [-0.15, -0.1) is 0 Å². The number of nitrogens with one attached hydrogen (secondary N) is 1. The first-order valence-corrected chi connectivity index (χ1v) is 4.39. The Kier molecular flexibility index (Phi) is 1.30. The van der Waals surface area contributed by atoms with Crippen LogP contribution in [-0.4, -0.2) is 15.4 Å². The molecule has 4 heteroatoms. The first kappa shape index (κ1) is 6.88. The average molecular weight is 175 g/mol. The lowest BCUT2D eigenvalue weighted by Crippen LogP contribution is -1.83. The molecular weight excluding hydrogens is 166 g/mol. The molecule has 13 heavy (non-hydrogen) atoms. The molecule has 2 aromatic heterocycles. The average Bonchev–Trinajstić information content (AvgIpc) is 2.72. The van der Waals surface area contributed by atoms with Gasteiger partial charge in [-0.3, -0.25) is 5.10 Å². The Morgan fingerprint density at radius 3 is 3.08 bits per heavy atom. The van der Waals surface area contributed by atoms with Gasteiger partial charge in [0.25, 0.3) is 0 Å². The Morgan fingerprint density at radius 2 is 2.38 bits per heavy atom. The quantitative estimate of drug-likeness (QED) is 0.758. The van der Waals surface area contributed by atoms with E-state index in [2.05, 4.69) is 15.4 Å². The molecule has 3 rings (SSSR count). The van der Waals surface area contributed by atoms with Crippen molar-refractivity contribution in [2.24, 2.45) is 0 Å². The molecule has 2 heterocycles. The van der Waals surface area contributed by atoms with E-state index in [4.69, 9.17) is 4.52 Å². The summed E-state index contributed by atoms with van der Waals surface area (Å²) in [6.07, 6.45) is 5.97. The summed E-state index contributed by atoms with van der Waals surface area (Å²) in [5, 5.41) is 10.8. The molecule has 0 amide bonds. The van der Waals surface area contributed by atoms with Gasteiger partial charge in [0.15, 0.2) is 0 Å². The van der Waals surface area contributed by atoms with Crippen LogP contribution in [0.25, 0.3) is 11.4 Å². The minimum atomic E-state index is 0.657. The summed E-state index contributed by atoms with van der Waals surface area (Å²) >= 11 is 0. The molecular formula is C9H9N3O. The summed E-state index contributed by atoms with van der Waals surface area (Å²) in [7, 11) is 0. The topological polar surface area (TPSA) is 54.7 Å². The Morgan fingerprint density at radius 1 is 1.46 bits per heavy atom. The molecule has 0 bridgehead atoms. The van der Waals surface area contributed by atoms with E-state index in [0.29, 0.717) is 5.92 Å². The van der Waals surface area contributed by atoms with Crippen LogP contribution in [0.1, 0.15) is 24.3 Å². The predicted molar refractivity (Wildman–Crippen MR) is 46.1 cm³/mol. The van der Waals surface area contributed by atoms with Gasteiger partial charge in [-0.05, 0) is 24.8 Å². The van der Waals surface area contributed by atoms with Gasteiger partial charge in [0.1, 0.15) is 12.0 Å². The first-order valence-electron chi connectivity index (χ1n) is 4.39. The monoisotopic (exact) mass is 175 g/mol. The number of aromatic amines is 1. The number of rotatable bonds is 2. The summed E-state index contributed by atoms with van der Waals surface area (Å²) in [6.45, 7) is 0. The molecule has 1 N–H and O–H groups in total. The van der Waals surface area contributed by atoms with E-state index in [1.54, 1.807) is 12.5 Å². The zero-order valence-electron chi connectivity index (χ0n) is 7.03. The van der Waals surface area contributed by atoms with E-state index in [9.17, 15) is 0 Å². The standard InChI is InChI=1S/C9H9N3O/c1-2-6(1)7-5-13-12-9(7)8-3-4-10-11-8/h3-6H,1-2H2,(H,10,11). The second-order valence-electron chi connectivity index (χ2n) is 3.36. The molecule has 1 aliphatic rings. The minimum absolute atomic E-state index is 0.657. The second kappa shape index (κ2) is 2.45. The highest BCUT2D eigenvalue weighted by atomic mass is 16.5. The van der Waals surface area contributed by atoms with Gasteiger partial charge in [0, 0.05) is 11.8 Å². The van der Waals surface area contributed by atoms with Crippen molar-refractivity contribution in [3.8, 4) is 11.4 Å². The Labute approximate surface area is 74.9 Å². The van der Waals surface area contributed by atoms with Crippen LogP contribution in [0.4, 0.5) is 0 Å². The molecule has 0 aliphatic heterocycles. The van der Waals surface area contributed by atoms with E-state index in [1.165, 1.54) is 18.4 Å². The summed E-state index contributed by atoms with van der Waals surface area (Å²) < 4.78 is 4.97. The molecule has 0 spiro atoms. The summed E-state index contributed by atoms with van der Waals surface area (Å²) in [5.74, 6) is 0.657. The van der Waals surface area contributed by atoms with Gasteiger partial charge in [-0.2, -0.15) is 5.10 Å². The SMILES string of the molecule is c1cc(-c2nocc2C2CC2)[nH]n1. The third kappa shape index (κ3) is 1.06. The van der Waals surface area contributed by atoms with Crippen molar-refractivity contribution in [1.29, 1.82) is 0 Å². The highest BCUT2D eigenvalue weighted by molar-refractivity contribution is 5.58. The summed E-state index contributed by atoms with van der Waals surface area (Å²) in [6, 6.07) is 1.91. The highest BCUT2D eigenvalue weighted by Gasteiger charge is 2.29. The van der Waals surface area contributed by atoms with Crippen LogP contribution in [0.15, 0.2) is 23.0 Å². The van der Waals surface area contributed by atoms with Crippen LogP contribution in [0.5, 0.6) is 0 Å². The number of aromatic nitrogens is 3. The van der Waals surface area contributed by atoms with Crippen molar-refractivity contribution in [2.75, 3.05) is 0 Å². The Bertz CT molecular complexity index is 400. The number of hydrogen-bond donors (Lipinski definition) is 1. The molecule has 1 aliphatic carbocycles. The normalized spacial score (nSPS) is 16.3. The number of H-pyrrole nitrogens is 1. The van der Waals surface area contributed by atoms with Crippen LogP contribution in [0, 0.1) is 0 Å². The van der Waals surface area contributed by atoms with Crippen molar-refractivity contribution >= 4 is 0 Å². The van der Waals surface area contributed by atoms with Crippen molar-refractivity contribution in [3.05, 3.63) is 24.1 Å². The molecule has 2 aromatic rings. The largest absolute Gasteiger partial charge is 0.364 e. The van der Waals surface area contributed by atoms with Crippen LogP contribution in [0.3, 0.4) is 0 Å². The first-order chi connectivity index (χ1) is 6.45. The third-order valence-electron chi connectivity index (χ3n) is 2.37. The lowest BCUT2D eigenvalue weighted by atomic mass is 10.1. The smallest absolute Gasteiger partial charge is 0.135 e. The zero-order chi connectivity index (χ0) is 8.67.